The van der Waals surface area contributed by atoms with Gasteiger partial charge in [0.15, 0.2) is 0 Å². The van der Waals surface area contributed by atoms with Crippen molar-refractivity contribution in [2.24, 2.45) is 5.92 Å². The van der Waals surface area contributed by atoms with Crippen LogP contribution in [0.5, 0.6) is 0 Å². The van der Waals surface area contributed by atoms with Crippen LogP contribution in [-0.4, -0.2) is 46.2 Å². The third kappa shape index (κ3) is 5.75. The Morgan fingerprint density at radius 2 is 2.03 bits per heavy atom. The molecular weight excluding hydrogens is 454 g/mol. The first-order chi connectivity index (χ1) is 17.1. The van der Waals surface area contributed by atoms with Crippen LogP contribution in [0.1, 0.15) is 62.5 Å². The Labute approximate surface area is 212 Å². The van der Waals surface area contributed by atoms with E-state index in [2.05, 4.69) is 48.7 Å². The monoisotopic (exact) mass is 489 g/mol. The third-order valence-electron chi connectivity index (χ3n) is 7.48. The zero-order valence-corrected chi connectivity index (χ0v) is 21.5. The van der Waals surface area contributed by atoms with Crippen molar-refractivity contribution >= 4 is 34.1 Å². The zero-order valence-electron chi connectivity index (χ0n) is 20.7. The summed E-state index contributed by atoms with van der Waals surface area (Å²) in [6, 6.07) is 12.8. The van der Waals surface area contributed by atoms with E-state index in [1.807, 2.05) is 9.80 Å². The number of pyridine rings is 1. The van der Waals surface area contributed by atoms with Crippen molar-refractivity contribution in [3.63, 3.8) is 0 Å². The van der Waals surface area contributed by atoms with E-state index in [0.29, 0.717) is 31.8 Å². The minimum atomic E-state index is 0.242. The van der Waals surface area contributed by atoms with Gasteiger partial charge in [-0.15, -0.1) is 11.3 Å². The number of carbonyl (C=O) groups is 2. The quantitative estimate of drug-likeness (QED) is 0.360. The molecule has 0 unspecified atom stereocenters. The van der Waals surface area contributed by atoms with Gasteiger partial charge >= 0.3 is 0 Å². The van der Waals surface area contributed by atoms with E-state index in [4.69, 9.17) is 4.98 Å². The highest BCUT2D eigenvalue weighted by Gasteiger charge is 2.25. The lowest BCUT2D eigenvalue weighted by atomic mass is 10.0. The molecule has 5 rings (SSSR count). The van der Waals surface area contributed by atoms with Crippen molar-refractivity contribution in [1.29, 1.82) is 0 Å². The van der Waals surface area contributed by atoms with Crippen LogP contribution in [0, 0.1) is 12.8 Å². The first-order valence-corrected chi connectivity index (χ1v) is 13.9. The molecule has 5 nitrogen and oxygen atoms in total. The van der Waals surface area contributed by atoms with E-state index in [-0.39, 0.29) is 11.8 Å². The van der Waals surface area contributed by atoms with Gasteiger partial charge in [-0.05, 0) is 73.7 Å². The van der Waals surface area contributed by atoms with Crippen molar-refractivity contribution < 1.29 is 9.59 Å². The SMILES string of the molecule is Cc1ccc2nc(-c3cccs3)c(CN(CCCN3CCCC3=O)C(=O)CC3CCCC3)cc2c1. The highest BCUT2D eigenvalue weighted by molar-refractivity contribution is 7.13. The second-order valence-corrected chi connectivity index (χ2v) is 11.1. The number of hydrogen-bond donors (Lipinski definition) is 0. The lowest BCUT2D eigenvalue weighted by Gasteiger charge is -2.26. The molecule has 2 aromatic heterocycles. The summed E-state index contributed by atoms with van der Waals surface area (Å²) in [4.78, 5) is 35.8. The second-order valence-electron chi connectivity index (χ2n) is 10.2. The summed E-state index contributed by atoms with van der Waals surface area (Å²) < 4.78 is 0. The molecule has 0 radical (unpaired) electrons. The molecule has 0 bridgehead atoms. The van der Waals surface area contributed by atoms with Gasteiger partial charge in [0.1, 0.15) is 0 Å². The van der Waals surface area contributed by atoms with Gasteiger partial charge in [-0.1, -0.05) is 30.5 Å². The van der Waals surface area contributed by atoms with E-state index in [1.165, 1.54) is 31.2 Å². The molecule has 184 valence electrons. The molecule has 35 heavy (non-hydrogen) atoms. The molecule has 1 saturated heterocycles. The molecule has 0 atom stereocenters. The average molecular weight is 490 g/mol. The third-order valence-corrected chi connectivity index (χ3v) is 8.36. The van der Waals surface area contributed by atoms with Crippen molar-refractivity contribution in [2.75, 3.05) is 19.6 Å². The molecule has 1 aliphatic carbocycles. The summed E-state index contributed by atoms with van der Waals surface area (Å²) >= 11 is 1.69. The number of thiophene rings is 1. The van der Waals surface area contributed by atoms with Gasteiger partial charge < -0.3 is 9.80 Å². The van der Waals surface area contributed by atoms with E-state index in [0.717, 1.165) is 53.0 Å². The number of hydrogen-bond acceptors (Lipinski definition) is 4. The summed E-state index contributed by atoms with van der Waals surface area (Å²) in [5.74, 6) is 1.01. The molecule has 1 aromatic carbocycles. The number of carbonyl (C=O) groups excluding carboxylic acids is 2. The highest BCUT2D eigenvalue weighted by atomic mass is 32.1. The maximum Gasteiger partial charge on any atom is 0.223 e. The average Bonchev–Trinajstić information content (AvgIpc) is 3.62. The molecule has 2 fully saturated rings. The fourth-order valence-electron chi connectivity index (χ4n) is 5.57. The van der Waals surface area contributed by atoms with Crippen LogP contribution in [0.4, 0.5) is 0 Å². The summed E-state index contributed by atoms with van der Waals surface area (Å²) in [5, 5.41) is 3.20. The molecule has 0 spiro atoms. The topological polar surface area (TPSA) is 53.5 Å². The van der Waals surface area contributed by atoms with E-state index >= 15 is 0 Å². The smallest absolute Gasteiger partial charge is 0.223 e. The van der Waals surface area contributed by atoms with Crippen LogP contribution in [0.15, 0.2) is 41.8 Å². The van der Waals surface area contributed by atoms with E-state index in [9.17, 15) is 9.59 Å². The lowest BCUT2D eigenvalue weighted by Crippen LogP contribution is -2.35. The molecule has 0 N–H and O–H groups in total. The zero-order chi connectivity index (χ0) is 24.2. The van der Waals surface area contributed by atoms with Crippen molar-refractivity contribution in [1.82, 2.24) is 14.8 Å². The standard InChI is InChI=1S/C29H35N3O2S/c1-21-11-12-25-23(17-21)19-24(29(30-25)26-9-5-16-35-26)20-32(28(34)18-22-7-2-3-8-22)15-6-14-31-13-4-10-27(31)33/h5,9,11-12,16-17,19,22H,2-4,6-8,10,13-15,18,20H2,1H3. The first kappa shape index (κ1) is 24.0. The van der Waals surface area contributed by atoms with Gasteiger partial charge in [-0.2, -0.15) is 0 Å². The van der Waals surface area contributed by atoms with E-state index in [1.54, 1.807) is 11.3 Å². The molecule has 3 aromatic rings. The number of likely N-dealkylation sites (tertiary alicyclic amines) is 1. The van der Waals surface area contributed by atoms with Crippen LogP contribution in [-0.2, 0) is 16.1 Å². The predicted molar refractivity (Wildman–Crippen MR) is 142 cm³/mol. The summed E-state index contributed by atoms with van der Waals surface area (Å²) in [6.45, 7) is 4.92. The molecular formula is C29H35N3O2S. The molecule has 1 aliphatic heterocycles. The molecule has 3 heterocycles. The van der Waals surface area contributed by atoms with Crippen LogP contribution in [0.25, 0.3) is 21.5 Å². The summed E-state index contributed by atoms with van der Waals surface area (Å²) in [5.41, 5.74) is 4.27. The predicted octanol–water partition coefficient (Wildman–Crippen LogP) is 6.19. The Bertz CT molecular complexity index is 1180. The van der Waals surface area contributed by atoms with Gasteiger partial charge in [0.05, 0.1) is 16.1 Å². The molecule has 1 saturated carbocycles. The number of amides is 2. The highest BCUT2D eigenvalue weighted by Crippen LogP contribution is 2.32. The minimum absolute atomic E-state index is 0.242. The fourth-order valence-corrected chi connectivity index (χ4v) is 6.32. The number of nitrogens with zero attached hydrogens (tertiary/aromatic N) is 3. The molecule has 2 amide bonds. The normalized spacial score (nSPS) is 16.5. The Hall–Kier alpha value is -2.73. The Morgan fingerprint density at radius 1 is 1.17 bits per heavy atom. The van der Waals surface area contributed by atoms with Crippen LogP contribution < -0.4 is 0 Å². The van der Waals surface area contributed by atoms with Crippen LogP contribution >= 0.6 is 11.3 Å². The van der Waals surface area contributed by atoms with Crippen molar-refractivity contribution in [3.8, 4) is 10.6 Å². The maximum atomic E-state index is 13.5. The van der Waals surface area contributed by atoms with Gasteiger partial charge in [0.2, 0.25) is 11.8 Å². The Kier molecular flexibility index (Phi) is 7.47. The van der Waals surface area contributed by atoms with E-state index < -0.39 is 0 Å². The van der Waals surface area contributed by atoms with Gasteiger partial charge in [0, 0.05) is 44.4 Å². The lowest BCUT2D eigenvalue weighted by molar-refractivity contribution is -0.133. The number of fused-ring (bicyclic) bond motifs is 1. The van der Waals surface area contributed by atoms with Crippen LogP contribution in [0.3, 0.4) is 0 Å². The fraction of sp³-hybridized carbons (Fsp3) is 0.483. The van der Waals surface area contributed by atoms with Crippen molar-refractivity contribution in [2.45, 2.75) is 64.8 Å². The van der Waals surface area contributed by atoms with Gasteiger partial charge in [0.25, 0.3) is 0 Å². The number of aromatic nitrogens is 1. The largest absolute Gasteiger partial charge is 0.343 e. The number of benzene rings is 1. The molecule has 6 heteroatoms. The maximum absolute atomic E-state index is 13.5. The first-order valence-electron chi connectivity index (χ1n) is 13.1. The summed E-state index contributed by atoms with van der Waals surface area (Å²) in [7, 11) is 0. The molecule has 2 aliphatic rings. The van der Waals surface area contributed by atoms with Crippen molar-refractivity contribution in [3.05, 3.63) is 52.9 Å². The minimum Gasteiger partial charge on any atom is -0.343 e. The second kappa shape index (κ2) is 10.9. The Morgan fingerprint density at radius 3 is 2.77 bits per heavy atom. The van der Waals surface area contributed by atoms with Gasteiger partial charge in [-0.25, -0.2) is 4.98 Å². The Balaban J connectivity index is 1.41. The van der Waals surface area contributed by atoms with Gasteiger partial charge in [-0.3, -0.25) is 9.59 Å². The number of rotatable bonds is 9. The van der Waals surface area contributed by atoms with Crippen LogP contribution in [0.2, 0.25) is 0 Å². The summed E-state index contributed by atoms with van der Waals surface area (Å²) in [6.07, 6.45) is 7.88. The number of aryl methyl sites for hydroxylation is 1.